The SMILES string of the molecule is [CH2-]CCCC.[Li+].[Li+].[c-]1ccccc1. The van der Waals surface area contributed by atoms with E-state index in [9.17, 15) is 0 Å². The molecule has 0 saturated heterocycles. The number of rotatable bonds is 2. The zero-order valence-electron chi connectivity index (χ0n) is 9.22. The summed E-state index contributed by atoms with van der Waals surface area (Å²) in [6.07, 6.45) is 3.65. The molecule has 0 spiro atoms. The van der Waals surface area contributed by atoms with Crippen molar-refractivity contribution in [1.82, 2.24) is 0 Å². The van der Waals surface area contributed by atoms with Crippen LogP contribution >= 0.6 is 0 Å². The summed E-state index contributed by atoms with van der Waals surface area (Å²) in [5, 5.41) is 0. The molecule has 0 aliphatic heterocycles. The molecule has 0 atom stereocenters. The molecule has 0 heterocycles. The Balaban J connectivity index is -0.000000136. The van der Waals surface area contributed by atoms with Gasteiger partial charge in [-0.1, -0.05) is 19.8 Å². The van der Waals surface area contributed by atoms with Crippen LogP contribution in [0.1, 0.15) is 26.2 Å². The Labute approximate surface area is 107 Å². The molecule has 13 heavy (non-hydrogen) atoms. The molecule has 0 amide bonds. The van der Waals surface area contributed by atoms with Gasteiger partial charge in [0.05, 0.1) is 0 Å². The van der Waals surface area contributed by atoms with Gasteiger partial charge in [0.25, 0.3) is 0 Å². The van der Waals surface area contributed by atoms with E-state index in [1.165, 1.54) is 12.8 Å². The molecule has 0 radical (unpaired) electrons. The van der Waals surface area contributed by atoms with Crippen molar-refractivity contribution in [3.63, 3.8) is 0 Å². The standard InChI is InChI=1S/C6H5.C5H11.2Li/c1-2-4-6-5-3-1;1-3-5-4-2;;/h1-5H;1,3-5H2,2H3;;/q2*-1;2*+1. The van der Waals surface area contributed by atoms with Crippen LogP contribution < -0.4 is 37.7 Å². The third-order valence-corrected chi connectivity index (χ3v) is 1.21. The van der Waals surface area contributed by atoms with Crippen LogP contribution in [0.4, 0.5) is 0 Å². The molecule has 0 fully saturated rings. The van der Waals surface area contributed by atoms with Crippen molar-refractivity contribution in [3.8, 4) is 0 Å². The molecule has 0 aliphatic rings. The first-order valence-corrected chi connectivity index (χ1v) is 4.12. The van der Waals surface area contributed by atoms with Crippen LogP contribution in [0.5, 0.6) is 0 Å². The van der Waals surface area contributed by atoms with Gasteiger partial charge in [-0.05, 0) is 0 Å². The van der Waals surface area contributed by atoms with Gasteiger partial charge >= 0.3 is 37.7 Å². The summed E-state index contributed by atoms with van der Waals surface area (Å²) in [6, 6.07) is 12.5. The predicted octanol–water partition coefficient (Wildman–Crippen LogP) is -2.49. The van der Waals surface area contributed by atoms with Crippen LogP contribution in [0.2, 0.25) is 0 Å². The molecule has 0 saturated carbocycles. The number of hydrogen-bond donors (Lipinski definition) is 0. The zero-order chi connectivity index (χ0) is 8.36. The van der Waals surface area contributed by atoms with Crippen LogP contribution in [-0.4, -0.2) is 0 Å². The van der Waals surface area contributed by atoms with Crippen LogP contribution in [0, 0.1) is 13.0 Å². The van der Waals surface area contributed by atoms with E-state index in [-0.39, 0.29) is 37.7 Å². The summed E-state index contributed by atoms with van der Waals surface area (Å²) in [7, 11) is 0. The van der Waals surface area contributed by atoms with Crippen molar-refractivity contribution in [2.45, 2.75) is 26.2 Å². The Morgan fingerprint density at radius 1 is 1.08 bits per heavy atom. The van der Waals surface area contributed by atoms with Crippen molar-refractivity contribution in [2.24, 2.45) is 0 Å². The molecular formula is C11H16Li2. The first-order chi connectivity index (χ1) is 5.41. The Kier molecular flexibility index (Phi) is 26.8. The summed E-state index contributed by atoms with van der Waals surface area (Å²) in [6.45, 7) is 5.85. The molecule has 0 aromatic heterocycles. The monoisotopic (exact) mass is 162 g/mol. The van der Waals surface area contributed by atoms with Gasteiger partial charge in [-0.25, -0.2) is 0 Å². The Morgan fingerprint density at radius 2 is 1.62 bits per heavy atom. The molecule has 0 bridgehead atoms. The van der Waals surface area contributed by atoms with E-state index in [2.05, 4.69) is 19.9 Å². The summed E-state index contributed by atoms with van der Waals surface area (Å²) in [5.74, 6) is 0. The van der Waals surface area contributed by atoms with E-state index in [0.717, 1.165) is 6.42 Å². The number of hydrogen-bond acceptors (Lipinski definition) is 0. The second-order valence-electron chi connectivity index (χ2n) is 2.28. The van der Waals surface area contributed by atoms with Crippen LogP contribution in [0.15, 0.2) is 30.3 Å². The largest absolute Gasteiger partial charge is 1.00 e. The van der Waals surface area contributed by atoms with Crippen molar-refractivity contribution in [1.29, 1.82) is 0 Å². The van der Waals surface area contributed by atoms with Crippen molar-refractivity contribution in [2.75, 3.05) is 0 Å². The molecule has 0 aliphatic carbocycles. The fourth-order valence-corrected chi connectivity index (χ4v) is 0.592. The summed E-state index contributed by atoms with van der Waals surface area (Å²) >= 11 is 0. The molecule has 0 nitrogen and oxygen atoms in total. The third kappa shape index (κ3) is 19.0. The van der Waals surface area contributed by atoms with E-state index in [1.54, 1.807) is 0 Å². The molecule has 2 heteroatoms. The van der Waals surface area contributed by atoms with Crippen LogP contribution in [0.3, 0.4) is 0 Å². The van der Waals surface area contributed by atoms with Gasteiger partial charge in [0.2, 0.25) is 0 Å². The summed E-state index contributed by atoms with van der Waals surface area (Å²) in [5.41, 5.74) is 0. The van der Waals surface area contributed by atoms with Gasteiger partial charge in [-0.15, -0.1) is 0 Å². The van der Waals surface area contributed by atoms with Gasteiger partial charge in [-0.2, -0.15) is 42.8 Å². The van der Waals surface area contributed by atoms with Gasteiger partial charge in [0, 0.05) is 0 Å². The van der Waals surface area contributed by atoms with Crippen molar-refractivity contribution in [3.05, 3.63) is 43.3 Å². The van der Waals surface area contributed by atoms with Crippen LogP contribution in [0.25, 0.3) is 0 Å². The van der Waals surface area contributed by atoms with E-state index >= 15 is 0 Å². The molecule has 1 aromatic carbocycles. The summed E-state index contributed by atoms with van der Waals surface area (Å²) in [4.78, 5) is 0. The molecule has 62 valence electrons. The molecule has 0 unspecified atom stereocenters. The first kappa shape index (κ1) is 19.1. The second kappa shape index (κ2) is 18.2. The minimum Gasteiger partial charge on any atom is -0.343 e. The predicted molar refractivity (Wildman–Crippen MR) is 50.2 cm³/mol. The minimum absolute atomic E-state index is 0. The quantitative estimate of drug-likeness (QED) is 0.333. The normalized spacial score (nSPS) is 6.92. The zero-order valence-corrected chi connectivity index (χ0v) is 9.22. The van der Waals surface area contributed by atoms with Crippen molar-refractivity contribution >= 4 is 0 Å². The van der Waals surface area contributed by atoms with E-state index < -0.39 is 0 Å². The molecular weight excluding hydrogens is 146 g/mol. The number of benzene rings is 1. The molecule has 0 N–H and O–H groups in total. The van der Waals surface area contributed by atoms with Gasteiger partial charge in [0.1, 0.15) is 0 Å². The fraction of sp³-hybridized carbons (Fsp3) is 0.364. The maximum atomic E-state index is 3.68. The van der Waals surface area contributed by atoms with Gasteiger partial charge in [-0.3, -0.25) is 0 Å². The smallest absolute Gasteiger partial charge is 0.343 e. The Morgan fingerprint density at radius 3 is 1.69 bits per heavy atom. The molecule has 1 aromatic rings. The van der Waals surface area contributed by atoms with Gasteiger partial charge < -0.3 is 6.92 Å². The Hall–Kier alpha value is 0.415. The van der Waals surface area contributed by atoms with E-state index in [4.69, 9.17) is 0 Å². The average molecular weight is 162 g/mol. The minimum atomic E-state index is 0. The van der Waals surface area contributed by atoms with E-state index in [1.807, 2.05) is 30.3 Å². The fourth-order valence-electron chi connectivity index (χ4n) is 0.592. The van der Waals surface area contributed by atoms with Crippen molar-refractivity contribution < 1.29 is 37.7 Å². The second-order valence-corrected chi connectivity index (χ2v) is 2.28. The maximum absolute atomic E-state index is 3.68. The Bertz CT molecular complexity index is 111. The molecule has 1 rings (SSSR count). The van der Waals surface area contributed by atoms with Crippen LogP contribution in [-0.2, 0) is 0 Å². The summed E-state index contributed by atoms with van der Waals surface area (Å²) < 4.78 is 0. The topological polar surface area (TPSA) is 0 Å². The third-order valence-electron chi connectivity index (χ3n) is 1.21. The first-order valence-electron chi connectivity index (χ1n) is 4.12. The number of unbranched alkanes of at least 4 members (excludes halogenated alkanes) is 2. The van der Waals surface area contributed by atoms with Gasteiger partial charge in [0.15, 0.2) is 0 Å². The average Bonchev–Trinajstić information content (AvgIpc) is 2.10. The maximum Gasteiger partial charge on any atom is 1.00 e. The van der Waals surface area contributed by atoms with E-state index in [0.29, 0.717) is 0 Å².